The molecule has 3 N–H and O–H groups in total. The Hall–Kier alpha value is -2.63. The highest BCUT2D eigenvalue weighted by Gasteiger charge is 2.17. The van der Waals surface area contributed by atoms with E-state index in [-0.39, 0.29) is 0 Å². The Balaban J connectivity index is 1.60. The Labute approximate surface area is 168 Å². The van der Waals surface area contributed by atoms with Gasteiger partial charge in [0.2, 0.25) is 0 Å². The van der Waals surface area contributed by atoms with Crippen LogP contribution in [0, 0.1) is 0 Å². The second kappa shape index (κ2) is 7.41. The molecule has 5 nitrogen and oxygen atoms in total. The van der Waals surface area contributed by atoms with E-state index in [2.05, 4.69) is 20.6 Å². The predicted octanol–water partition coefficient (Wildman–Crippen LogP) is 4.99. The number of hydrogen-bond donors (Lipinski definition) is 3. The molecule has 3 heterocycles. The number of benzene rings is 2. The summed E-state index contributed by atoms with van der Waals surface area (Å²) in [5.74, 6) is 0.815. The molecule has 1 aliphatic rings. The van der Waals surface area contributed by atoms with Crippen LogP contribution in [-0.2, 0) is 0 Å². The van der Waals surface area contributed by atoms with Crippen molar-refractivity contribution < 1.29 is 0 Å². The molecule has 2 aromatic heterocycles. The molecule has 1 saturated heterocycles. The third-order valence-electron chi connectivity index (χ3n) is 5.41. The molecular weight excluding hydrogens is 370 g/mol. The van der Waals surface area contributed by atoms with Crippen LogP contribution in [0.4, 0.5) is 5.69 Å². The van der Waals surface area contributed by atoms with Crippen LogP contribution in [0.15, 0.2) is 48.7 Å². The van der Waals surface area contributed by atoms with Crippen LogP contribution in [0.25, 0.3) is 33.3 Å². The Morgan fingerprint density at radius 2 is 2.04 bits per heavy atom. The van der Waals surface area contributed by atoms with E-state index in [9.17, 15) is 0 Å². The smallest absolute Gasteiger partial charge is 0.142 e. The maximum absolute atomic E-state index is 6.31. The molecule has 1 aliphatic heterocycles. The minimum atomic E-state index is 0.472. The number of anilines is 1. The van der Waals surface area contributed by atoms with Crippen LogP contribution in [0.1, 0.15) is 19.3 Å². The Morgan fingerprint density at radius 1 is 1.11 bits per heavy atom. The van der Waals surface area contributed by atoms with Gasteiger partial charge in [-0.3, -0.25) is 4.98 Å². The number of piperidine rings is 1. The number of nitrogens with one attached hydrogen (secondary N) is 3. The number of para-hydroxylation sites is 2. The highest BCUT2D eigenvalue weighted by molar-refractivity contribution is 6.31. The Morgan fingerprint density at radius 3 is 2.89 bits per heavy atom. The molecule has 6 heteroatoms. The number of nitrogens with zero attached hydrogens (tertiary/aromatic N) is 2. The third kappa shape index (κ3) is 3.32. The van der Waals surface area contributed by atoms with Gasteiger partial charge >= 0.3 is 0 Å². The summed E-state index contributed by atoms with van der Waals surface area (Å²) >= 11 is 6.31. The van der Waals surface area contributed by atoms with Crippen molar-refractivity contribution in [3.63, 3.8) is 0 Å². The molecule has 2 aromatic carbocycles. The molecule has 5 rings (SSSR count). The fraction of sp³-hybridized carbons (Fsp3) is 0.273. The molecule has 0 bridgehead atoms. The summed E-state index contributed by atoms with van der Waals surface area (Å²) in [6.45, 7) is 1.95. The number of fused-ring (bicyclic) bond motifs is 2. The van der Waals surface area contributed by atoms with Crippen molar-refractivity contribution in [2.75, 3.05) is 18.4 Å². The molecule has 4 aromatic rings. The number of imidazole rings is 1. The van der Waals surface area contributed by atoms with Gasteiger partial charge in [-0.15, -0.1) is 0 Å². The first-order valence-electron chi connectivity index (χ1n) is 9.78. The standard InChI is InChI=1S/C22H22ClN5/c23-14-8-9-18-16(11-14)21(26-12-15-5-3-4-10-24-15)17(13-25-18)22-27-19-6-1-2-7-20(19)28-22/h1-2,6-9,11,13,15,24H,3-5,10,12H2,(H,25,26)(H,27,28). The number of halogens is 1. The first kappa shape index (κ1) is 17.5. The van der Waals surface area contributed by atoms with E-state index < -0.39 is 0 Å². The van der Waals surface area contributed by atoms with Gasteiger partial charge in [0.15, 0.2) is 0 Å². The maximum Gasteiger partial charge on any atom is 0.142 e. The lowest BCUT2D eigenvalue weighted by Crippen LogP contribution is -2.39. The first-order chi connectivity index (χ1) is 13.8. The van der Waals surface area contributed by atoms with Crippen LogP contribution >= 0.6 is 11.6 Å². The van der Waals surface area contributed by atoms with Crippen LogP contribution < -0.4 is 10.6 Å². The average molecular weight is 392 g/mol. The van der Waals surface area contributed by atoms with Crippen molar-refractivity contribution in [2.45, 2.75) is 25.3 Å². The number of H-pyrrole nitrogens is 1. The second-order valence-electron chi connectivity index (χ2n) is 7.34. The number of aromatic amines is 1. The van der Waals surface area contributed by atoms with Gasteiger partial charge in [0.25, 0.3) is 0 Å². The molecule has 1 atom stereocenters. The van der Waals surface area contributed by atoms with E-state index in [0.717, 1.165) is 52.1 Å². The largest absolute Gasteiger partial charge is 0.382 e. The summed E-state index contributed by atoms with van der Waals surface area (Å²) in [6.07, 6.45) is 5.62. The van der Waals surface area contributed by atoms with Gasteiger partial charge < -0.3 is 15.6 Å². The summed E-state index contributed by atoms with van der Waals surface area (Å²) in [7, 11) is 0. The number of hydrogen-bond acceptors (Lipinski definition) is 4. The monoisotopic (exact) mass is 391 g/mol. The first-order valence-corrected chi connectivity index (χ1v) is 10.2. The topological polar surface area (TPSA) is 65.6 Å². The van der Waals surface area contributed by atoms with Crippen LogP contribution in [0.5, 0.6) is 0 Å². The summed E-state index contributed by atoms with van der Waals surface area (Å²) in [4.78, 5) is 12.9. The van der Waals surface area contributed by atoms with Gasteiger partial charge in [-0.2, -0.15) is 0 Å². The van der Waals surface area contributed by atoms with Gasteiger partial charge in [0, 0.05) is 29.2 Å². The maximum atomic E-state index is 6.31. The number of rotatable bonds is 4. The SMILES string of the molecule is Clc1ccc2ncc(-c3nc4ccccc4[nH]3)c(NCC3CCCCN3)c2c1. The van der Waals surface area contributed by atoms with E-state index in [4.69, 9.17) is 16.6 Å². The molecule has 0 amide bonds. The van der Waals surface area contributed by atoms with Crippen molar-refractivity contribution in [2.24, 2.45) is 0 Å². The Kier molecular flexibility index (Phi) is 4.63. The highest BCUT2D eigenvalue weighted by atomic mass is 35.5. The predicted molar refractivity (Wildman–Crippen MR) is 116 cm³/mol. The summed E-state index contributed by atoms with van der Waals surface area (Å²) < 4.78 is 0. The Bertz CT molecular complexity index is 1100. The van der Waals surface area contributed by atoms with Crippen molar-refractivity contribution in [3.05, 3.63) is 53.7 Å². The zero-order valence-corrected chi connectivity index (χ0v) is 16.3. The molecule has 1 fully saturated rings. The molecule has 0 spiro atoms. The number of pyridine rings is 1. The quantitative estimate of drug-likeness (QED) is 0.458. The van der Waals surface area contributed by atoms with Crippen LogP contribution in [-0.4, -0.2) is 34.1 Å². The molecule has 28 heavy (non-hydrogen) atoms. The minimum absolute atomic E-state index is 0.472. The van der Waals surface area contributed by atoms with Crippen molar-refractivity contribution in [3.8, 4) is 11.4 Å². The van der Waals surface area contributed by atoms with E-state index >= 15 is 0 Å². The normalized spacial score (nSPS) is 17.2. The lowest BCUT2D eigenvalue weighted by atomic mass is 10.0. The van der Waals surface area contributed by atoms with Gasteiger partial charge in [-0.25, -0.2) is 4.98 Å². The molecule has 0 saturated carbocycles. The minimum Gasteiger partial charge on any atom is -0.382 e. The molecule has 1 unspecified atom stereocenters. The fourth-order valence-electron chi connectivity index (χ4n) is 3.94. The molecule has 0 aliphatic carbocycles. The lowest BCUT2D eigenvalue weighted by Gasteiger charge is -2.25. The van der Waals surface area contributed by atoms with Crippen LogP contribution in [0.2, 0.25) is 5.02 Å². The average Bonchev–Trinajstić information content (AvgIpc) is 3.16. The van der Waals surface area contributed by atoms with E-state index in [0.29, 0.717) is 11.1 Å². The zero-order chi connectivity index (χ0) is 18.9. The summed E-state index contributed by atoms with van der Waals surface area (Å²) in [5.41, 5.74) is 4.87. The highest BCUT2D eigenvalue weighted by Crippen LogP contribution is 2.34. The van der Waals surface area contributed by atoms with Gasteiger partial charge in [-0.1, -0.05) is 30.2 Å². The van der Waals surface area contributed by atoms with E-state index in [1.165, 1.54) is 19.3 Å². The third-order valence-corrected chi connectivity index (χ3v) is 5.65. The van der Waals surface area contributed by atoms with Crippen molar-refractivity contribution in [1.82, 2.24) is 20.3 Å². The molecule has 0 radical (unpaired) electrons. The lowest BCUT2D eigenvalue weighted by molar-refractivity contribution is 0.414. The van der Waals surface area contributed by atoms with Gasteiger partial charge in [-0.05, 0) is 49.7 Å². The van der Waals surface area contributed by atoms with E-state index in [1.807, 2.05) is 48.7 Å². The van der Waals surface area contributed by atoms with Crippen molar-refractivity contribution in [1.29, 1.82) is 0 Å². The fourth-order valence-corrected chi connectivity index (χ4v) is 4.11. The van der Waals surface area contributed by atoms with Gasteiger partial charge in [0.1, 0.15) is 5.82 Å². The van der Waals surface area contributed by atoms with Crippen LogP contribution in [0.3, 0.4) is 0 Å². The summed E-state index contributed by atoms with van der Waals surface area (Å²) in [6, 6.07) is 14.4. The number of aromatic nitrogens is 3. The zero-order valence-electron chi connectivity index (χ0n) is 15.5. The van der Waals surface area contributed by atoms with E-state index in [1.54, 1.807) is 0 Å². The summed E-state index contributed by atoms with van der Waals surface area (Å²) in [5, 5.41) is 9.00. The van der Waals surface area contributed by atoms with Crippen molar-refractivity contribution >= 4 is 39.2 Å². The molecular formula is C22H22ClN5. The van der Waals surface area contributed by atoms with Gasteiger partial charge in [0.05, 0.1) is 27.8 Å². The second-order valence-corrected chi connectivity index (χ2v) is 7.78. The molecule has 142 valence electrons.